The molecule has 0 aromatic carbocycles. The fourth-order valence-electron chi connectivity index (χ4n) is 1.62. The van der Waals surface area contributed by atoms with Gasteiger partial charge in [-0.2, -0.15) is 5.26 Å². The van der Waals surface area contributed by atoms with E-state index in [-0.39, 0.29) is 0 Å². The van der Waals surface area contributed by atoms with Crippen molar-refractivity contribution in [2.75, 3.05) is 20.3 Å². The maximum Gasteiger partial charge on any atom is 0.116 e. The first-order valence-corrected chi connectivity index (χ1v) is 4.14. The lowest BCUT2D eigenvalue weighted by molar-refractivity contribution is 0.134. The second kappa shape index (κ2) is 4.13. The molecule has 0 amide bonds. The van der Waals surface area contributed by atoms with Crippen molar-refractivity contribution in [1.29, 1.82) is 5.26 Å². The first kappa shape index (κ1) is 9.08. The van der Waals surface area contributed by atoms with Crippen molar-refractivity contribution in [2.24, 2.45) is 0 Å². The number of nitriles is 1. The van der Waals surface area contributed by atoms with Crippen molar-refractivity contribution in [3.05, 3.63) is 12.3 Å². The molecule has 0 N–H and O–H groups in total. The Morgan fingerprint density at radius 3 is 3.17 bits per heavy atom. The third-order valence-corrected chi connectivity index (χ3v) is 2.21. The van der Waals surface area contributed by atoms with E-state index in [2.05, 4.69) is 12.6 Å². The Morgan fingerprint density at radius 1 is 1.83 bits per heavy atom. The lowest BCUT2D eigenvalue weighted by Gasteiger charge is -2.23. The van der Waals surface area contributed by atoms with Crippen LogP contribution in [0.4, 0.5) is 0 Å². The van der Waals surface area contributed by atoms with E-state index in [1.807, 2.05) is 4.90 Å². The summed E-state index contributed by atoms with van der Waals surface area (Å²) in [6.07, 6.45) is 2.24. The maximum absolute atomic E-state index is 8.65. The van der Waals surface area contributed by atoms with E-state index < -0.39 is 0 Å². The lowest BCUT2D eigenvalue weighted by atomic mass is 10.2. The molecule has 0 unspecified atom stereocenters. The fraction of sp³-hybridized carbons (Fsp3) is 0.667. The van der Waals surface area contributed by atoms with Gasteiger partial charge >= 0.3 is 0 Å². The van der Waals surface area contributed by atoms with Gasteiger partial charge in [-0.1, -0.05) is 6.58 Å². The summed E-state index contributed by atoms with van der Waals surface area (Å²) in [6.45, 7) is 5.34. The Kier molecular flexibility index (Phi) is 3.12. The highest BCUT2D eigenvalue weighted by molar-refractivity contribution is 5.16. The Bertz CT molecular complexity index is 207. The van der Waals surface area contributed by atoms with Gasteiger partial charge in [0.25, 0.3) is 0 Å². The second-order valence-electron chi connectivity index (χ2n) is 3.00. The average molecular weight is 166 g/mol. The molecule has 0 saturated carbocycles. The van der Waals surface area contributed by atoms with Crippen molar-refractivity contribution >= 4 is 0 Å². The van der Waals surface area contributed by atoms with Crippen molar-refractivity contribution < 1.29 is 4.74 Å². The highest BCUT2D eigenvalue weighted by Gasteiger charge is 2.24. The number of ether oxygens (including phenoxy) is 1. The Labute approximate surface area is 73.2 Å². The van der Waals surface area contributed by atoms with Crippen LogP contribution in [0.3, 0.4) is 0 Å². The minimum Gasteiger partial charge on any atom is -0.383 e. The van der Waals surface area contributed by atoms with Gasteiger partial charge in [0.05, 0.1) is 12.6 Å². The monoisotopic (exact) mass is 166 g/mol. The standard InChI is InChI=1S/C9H14N2O/c1-8(6-10)11-5-3-4-9(11)7-12-2/h9H,1,3-5,7H2,2H3/t9-/m0/s1. The predicted octanol–water partition coefficient (Wildman–Crippen LogP) is 1.13. The molecule has 1 heterocycles. The first-order chi connectivity index (χ1) is 5.79. The SMILES string of the molecule is C=C(C#N)N1CCC[C@H]1COC. The van der Waals surface area contributed by atoms with Gasteiger partial charge in [0.1, 0.15) is 11.8 Å². The average Bonchev–Trinajstić information content (AvgIpc) is 2.52. The van der Waals surface area contributed by atoms with Crippen molar-refractivity contribution in [3.8, 4) is 6.07 Å². The van der Waals surface area contributed by atoms with Crippen molar-refractivity contribution in [2.45, 2.75) is 18.9 Å². The molecule has 1 rings (SSSR count). The van der Waals surface area contributed by atoms with Crippen LogP contribution in [-0.2, 0) is 4.74 Å². The van der Waals surface area contributed by atoms with E-state index in [0.717, 1.165) is 19.4 Å². The van der Waals surface area contributed by atoms with E-state index in [1.54, 1.807) is 7.11 Å². The maximum atomic E-state index is 8.65. The van der Waals surface area contributed by atoms with Crippen LogP contribution in [0.5, 0.6) is 0 Å². The van der Waals surface area contributed by atoms with Crippen LogP contribution in [0, 0.1) is 11.3 Å². The summed E-state index contributed by atoms with van der Waals surface area (Å²) in [5.41, 5.74) is 0.564. The molecule has 0 spiro atoms. The molecule has 3 nitrogen and oxygen atoms in total. The van der Waals surface area contributed by atoms with E-state index in [9.17, 15) is 0 Å². The highest BCUT2D eigenvalue weighted by Crippen LogP contribution is 2.20. The molecular weight excluding hydrogens is 152 g/mol. The molecular formula is C9H14N2O. The Balaban J connectivity index is 2.52. The zero-order valence-electron chi connectivity index (χ0n) is 7.42. The van der Waals surface area contributed by atoms with Crippen molar-refractivity contribution in [1.82, 2.24) is 4.90 Å². The second-order valence-corrected chi connectivity index (χ2v) is 3.00. The van der Waals surface area contributed by atoms with Crippen LogP contribution in [-0.4, -0.2) is 31.2 Å². The van der Waals surface area contributed by atoms with Crippen LogP contribution >= 0.6 is 0 Å². The first-order valence-electron chi connectivity index (χ1n) is 4.14. The largest absolute Gasteiger partial charge is 0.383 e. The Morgan fingerprint density at radius 2 is 2.58 bits per heavy atom. The van der Waals surface area contributed by atoms with E-state index in [4.69, 9.17) is 10.00 Å². The smallest absolute Gasteiger partial charge is 0.116 e. The molecule has 0 bridgehead atoms. The van der Waals surface area contributed by atoms with Gasteiger partial charge in [-0.05, 0) is 12.8 Å². The molecule has 0 aromatic heterocycles. The summed E-state index contributed by atoms with van der Waals surface area (Å²) in [5, 5.41) is 8.65. The molecule has 0 aliphatic carbocycles. The van der Waals surface area contributed by atoms with Gasteiger partial charge in [-0.25, -0.2) is 0 Å². The van der Waals surface area contributed by atoms with Gasteiger partial charge in [0.15, 0.2) is 0 Å². The van der Waals surface area contributed by atoms with Crippen LogP contribution in [0.1, 0.15) is 12.8 Å². The fourth-order valence-corrected chi connectivity index (χ4v) is 1.62. The number of likely N-dealkylation sites (tertiary alicyclic amines) is 1. The minimum absolute atomic E-state index is 0.363. The molecule has 66 valence electrons. The molecule has 1 atom stereocenters. The van der Waals surface area contributed by atoms with Crippen molar-refractivity contribution in [3.63, 3.8) is 0 Å². The molecule has 1 saturated heterocycles. The van der Waals surface area contributed by atoms with Gasteiger partial charge < -0.3 is 9.64 Å². The van der Waals surface area contributed by atoms with E-state index >= 15 is 0 Å². The summed E-state index contributed by atoms with van der Waals surface area (Å²) < 4.78 is 5.06. The van der Waals surface area contributed by atoms with Gasteiger partial charge in [0.2, 0.25) is 0 Å². The van der Waals surface area contributed by atoms with Crippen LogP contribution in [0.25, 0.3) is 0 Å². The van der Waals surface area contributed by atoms with E-state index in [1.165, 1.54) is 0 Å². The molecule has 0 aromatic rings. The van der Waals surface area contributed by atoms with Gasteiger partial charge in [-0.15, -0.1) is 0 Å². The molecule has 1 fully saturated rings. The molecule has 12 heavy (non-hydrogen) atoms. The number of rotatable bonds is 3. The number of methoxy groups -OCH3 is 1. The van der Waals surface area contributed by atoms with Crippen LogP contribution < -0.4 is 0 Å². The summed E-state index contributed by atoms with van der Waals surface area (Å²) in [4.78, 5) is 2.03. The zero-order valence-corrected chi connectivity index (χ0v) is 7.42. The Hall–Kier alpha value is -1.01. The number of hydrogen-bond donors (Lipinski definition) is 0. The minimum atomic E-state index is 0.363. The topological polar surface area (TPSA) is 36.3 Å². The normalized spacial score (nSPS) is 22.3. The highest BCUT2D eigenvalue weighted by atomic mass is 16.5. The summed E-state index contributed by atoms with van der Waals surface area (Å²) in [5.74, 6) is 0. The number of allylic oxidation sites excluding steroid dienone is 1. The molecule has 1 aliphatic rings. The predicted molar refractivity (Wildman–Crippen MR) is 46.4 cm³/mol. The molecule has 1 aliphatic heterocycles. The summed E-state index contributed by atoms with van der Waals surface area (Å²) in [6, 6.07) is 2.43. The quantitative estimate of drug-likeness (QED) is 0.590. The molecule has 3 heteroatoms. The van der Waals surface area contributed by atoms with Crippen LogP contribution in [0.15, 0.2) is 12.3 Å². The van der Waals surface area contributed by atoms with Gasteiger partial charge in [-0.3, -0.25) is 0 Å². The summed E-state index contributed by atoms with van der Waals surface area (Å²) >= 11 is 0. The third kappa shape index (κ3) is 1.77. The lowest BCUT2D eigenvalue weighted by Crippen LogP contribution is -2.31. The van der Waals surface area contributed by atoms with E-state index in [0.29, 0.717) is 18.3 Å². The zero-order chi connectivity index (χ0) is 8.97. The molecule has 0 radical (unpaired) electrons. The summed E-state index contributed by atoms with van der Waals surface area (Å²) in [7, 11) is 1.69. The number of nitrogens with zero attached hydrogens (tertiary/aromatic N) is 2. The van der Waals surface area contributed by atoms with Gasteiger partial charge in [0, 0.05) is 13.7 Å². The van der Waals surface area contributed by atoms with Crippen LogP contribution in [0.2, 0.25) is 0 Å². The number of hydrogen-bond acceptors (Lipinski definition) is 3. The third-order valence-electron chi connectivity index (χ3n) is 2.21.